The lowest BCUT2D eigenvalue weighted by atomic mass is 9.77. The summed E-state index contributed by atoms with van der Waals surface area (Å²) in [5.41, 5.74) is 4.47. The van der Waals surface area contributed by atoms with Gasteiger partial charge in [-0.05, 0) is 59.4 Å². The van der Waals surface area contributed by atoms with Crippen LogP contribution < -0.4 is 0 Å². The van der Waals surface area contributed by atoms with Crippen molar-refractivity contribution in [2.75, 3.05) is 0 Å². The molecule has 4 aromatic rings. The molecule has 2 aliphatic rings. The van der Waals surface area contributed by atoms with Crippen molar-refractivity contribution in [3.05, 3.63) is 131 Å². The summed E-state index contributed by atoms with van der Waals surface area (Å²) >= 11 is 0. The van der Waals surface area contributed by atoms with E-state index in [-0.39, 0.29) is 35.5 Å². The fraction of sp³-hybridized carbons (Fsp3) is 0.294. The second kappa shape index (κ2) is 10.6. The highest BCUT2D eigenvalue weighted by atomic mass is 16.8. The van der Waals surface area contributed by atoms with E-state index in [9.17, 15) is 10.2 Å². The van der Waals surface area contributed by atoms with Crippen molar-refractivity contribution in [3.8, 4) is 11.5 Å². The first-order chi connectivity index (χ1) is 18.6. The molecule has 2 N–H and O–H groups in total. The third-order valence-corrected chi connectivity index (χ3v) is 8.12. The lowest BCUT2D eigenvalue weighted by Gasteiger charge is -2.33. The van der Waals surface area contributed by atoms with Gasteiger partial charge in [-0.15, -0.1) is 0 Å². The Morgan fingerprint density at radius 3 is 1.26 bits per heavy atom. The van der Waals surface area contributed by atoms with Crippen LogP contribution in [0.15, 0.2) is 109 Å². The molecule has 1 saturated carbocycles. The quantitative estimate of drug-likeness (QED) is 0.284. The van der Waals surface area contributed by atoms with Crippen molar-refractivity contribution in [2.24, 2.45) is 0 Å². The first-order valence-electron chi connectivity index (χ1n) is 13.7. The lowest BCUT2D eigenvalue weighted by molar-refractivity contribution is -0.195. The highest BCUT2D eigenvalue weighted by Gasteiger charge is 2.53. The number of ether oxygens (including phenoxy) is 2. The number of hydrogen-bond acceptors (Lipinski definition) is 4. The number of phenolic OH excluding ortho intramolecular Hbond substituents is 2. The van der Waals surface area contributed by atoms with Gasteiger partial charge in [-0.2, -0.15) is 0 Å². The third kappa shape index (κ3) is 4.94. The molecule has 2 unspecified atom stereocenters. The van der Waals surface area contributed by atoms with Crippen LogP contribution in [0.1, 0.15) is 66.2 Å². The van der Waals surface area contributed by atoms with Gasteiger partial charge in [0.15, 0.2) is 5.79 Å². The first kappa shape index (κ1) is 24.7. The summed E-state index contributed by atoms with van der Waals surface area (Å²) in [5.74, 6) is -0.300. The minimum absolute atomic E-state index is 0.0913. The summed E-state index contributed by atoms with van der Waals surface area (Å²) < 4.78 is 14.2. The molecule has 1 aliphatic heterocycles. The summed E-state index contributed by atoms with van der Waals surface area (Å²) in [6.07, 6.45) is 4.61. The van der Waals surface area contributed by atoms with Crippen LogP contribution in [0, 0.1) is 0 Å². The van der Waals surface area contributed by atoms with Gasteiger partial charge in [0, 0.05) is 24.7 Å². The molecule has 6 rings (SSSR count). The Kier molecular flexibility index (Phi) is 6.92. The van der Waals surface area contributed by atoms with Crippen LogP contribution in [0.3, 0.4) is 0 Å². The molecule has 4 heteroatoms. The number of hydrogen-bond donors (Lipinski definition) is 2. The smallest absolute Gasteiger partial charge is 0.169 e. The van der Waals surface area contributed by atoms with Crippen molar-refractivity contribution in [2.45, 2.75) is 61.9 Å². The zero-order valence-electron chi connectivity index (χ0n) is 21.4. The zero-order chi connectivity index (χ0) is 26.0. The van der Waals surface area contributed by atoms with E-state index in [4.69, 9.17) is 9.47 Å². The summed E-state index contributed by atoms with van der Waals surface area (Å²) in [6, 6.07) is 36.0. The van der Waals surface area contributed by atoms with E-state index in [0.717, 1.165) is 47.9 Å². The molecule has 1 spiro atoms. The number of rotatable bonds is 6. The van der Waals surface area contributed by atoms with E-state index in [2.05, 4.69) is 48.5 Å². The Morgan fingerprint density at radius 1 is 0.500 bits per heavy atom. The van der Waals surface area contributed by atoms with E-state index >= 15 is 0 Å². The highest BCUT2D eigenvalue weighted by Crippen LogP contribution is 2.50. The van der Waals surface area contributed by atoms with Crippen molar-refractivity contribution in [3.63, 3.8) is 0 Å². The van der Waals surface area contributed by atoms with Crippen LogP contribution in [-0.4, -0.2) is 28.2 Å². The minimum Gasteiger partial charge on any atom is -0.508 e. The Morgan fingerprint density at radius 2 is 0.868 bits per heavy atom. The molecule has 2 fully saturated rings. The van der Waals surface area contributed by atoms with Gasteiger partial charge in [-0.25, -0.2) is 0 Å². The average Bonchev–Trinajstić information content (AvgIpc) is 3.30. The van der Waals surface area contributed by atoms with Crippen molar-refractivity contribution < 1.29 is 19.7 Å². The molecule has 4 atom stereocenters. The largest absolute Gasteiger partial charge is 0.508 e. The second-order valence-corrected chi connectivity index (χ2v) is 10.6. The number of benzene rings is 4. The van der Waals surface area contributed by atoms with E-state index < -0.39 is 5.79 Å². The van der Waals surface area contributed by atoms with Gasteiger partial charge in [0.2, 0.25) is 0 Å². The Labute approximate surface area is 224 Å². The van der Waals surface area contributed by atoms with Crippen LogP contribution >= 0.6 is 0 Å². The lowest BCUT2D eigenvalue weighted by Crippen LogP contribution is -2.35. The Balaban J connectivity index is 1.51. The van der Waals surface area contributed by atoms with Crippen LogP contribution in [0.4, 0.5) is 0 Å². The van der Waals surface area contributed by atoms with Gasteiger partial charge >= 0.3 is 0 Å². The maximum atomic E-state index is 10.1. The molecule has 1 heterocycles. The molecule has 0 aromatic heterocycles. The van der Waals surface area contributed by atoms with Gasteiger partial charge in [-0.1, -0.05) is 91.3 Å². The zero-order valence-corrected chi connectivity index (χ0v) is 21.4. The molecule has 1 saturated heterocycles. The van der Waals surface area contributed by atoms with E-state index in [0.29, 0.717) is 0 Å². The third-order valence-electron chi connectivity index (χ3n) is 8.12. The van der Waals surface area contributed by atoms with Gasteiger partial charge in [0.1, 0.15) is 11.5 Å². The summed E-state index contributed by atoms with van der Waals surface area (Å²) in [6.45, 7) is 0. The van der Waals surface area contributed by atoms with Crippen molar-refractivity contribution >= 4 is 0 Å². The summed E-state index contributed by atoms with van der Waals surface area (Å²) in [4.78, 5) is 0. The average molecular weight is 507 g/mol. The Bertz CT molecular complexity index is 1210. The van der Waals surface area contributed by atoms with Gasteiger partial charge < -0.3 is 19.7 Å². The van der Waals surface area contributed by atoms with Gasteiger partial charge in [0.25, 0.3) is 0 Å². The van der Waals surface area contributed by atoms with Crippen molar-refractivity contribution in [1.29, 1.82) is 0 Å². The first-order valence-corrected chi connectivity index (χ1v) is 13.7. The van der Waals surface area contributed by atoms with Crippen molar-refractivity contribution in [1.82, 2.24) is 0 Å². The standard InChI is InChI=1S/C34H34O4/c35-28-18-14-26(15-19-28)30(24-10-4-1-5-11-24)32-33(38-34(37-32)22-8-3-9-23-34)31(25-12-6-2-7-13-25)27-16-20-29(36)21-17-27/h1-2,4-7,10-21,30-33,35-36H,3,8-9,22-23H2/t30?,31?,32-,33-/m0/s1. The Hall–Kier alpha value is -3.60. The molecular formula is C34H34O4. The maximum absolute atomic E-state index is 10.1. The topological polar surface area (TPSA) is 58.9 Å². The number of phenols is 2. The fourth-order valence-electron chi connectivity index (χ4n) is 6.33. The molecule has 0 radical (unpaired) electrons. The molecule has 194 valence electrons. The fourth-order valence-corrected chi connectivity index (χ4v) is 6.33. The monoisotopic (exact) mass is 506 g/mol. The SMILES string of the molecule is Oc1ccc(C(c2ccccc2)[C@@H]2OC3(CCCCC3)O[C@H]2C(c2ccccc2)c2ccc(O)cc2)cc1. The molecule has 0 bridgehead atoms. The van der Waals surface area contributed by atoms with E-state index in [1.807, 2.05) is 36.4 Å². The maximum Gasteiger partial charge on any atom is 0.169 e. The molecule has 0 amide bonds. The number of aromatic hydroxyl groups is 2. The highest BCUT2D eigenvalue weighted by molar-refractivity contribution is 5.41. The van der Waals surface area contributed by atoms with E-state index in [1.165, 1.54) is 6.42 Å². The van der Waals surface area contributed by atoms with Crippen LogP contribution in [0.2, 0.25) is 0 Å². The van der Waals surface area contributed by atoms with Crippen LogP contribution in [-0.2, 0) is 9.47 Å². The molecule has 1 aliphatic carbocycles. The van der Waals surface area contributed by atoms with E-state index in [1.54, 1.807) is 24.3 Å². The summed E-state index contributed by atoms with van der Waals surface area (Å²) in [7, 11) is 0. The minimum atomic E-state index is -0.610. The molecular weight excluding hydrogens is 472 g/mol. The molecule has 4 nitrogen and oxygen atoms in total. The van der Waals surface area contributed by atoms with Crippen LogP contribution in [0.25, 0.3) is 0 Å². The van der Waals surface area contributed by atoms with Gasteiger partial charge in [-0.3, -0.25) is 0 Å². The predicted molar refractivity (Wildman–Crippen MR) is 148 cm³/mol. The summed E-state index contributed by atoms with van der Waals surface area (Å²) in [5, 5.41) is 20.1. The molecule has 38 heavy (non-hydrogen) atoms. The molecule has 4 aromatic carbocycles. The second-order valence-electron chi connectivity index (χ2n) is 10.6. The van der Waals surface area contributed by atoms with Gasteiger partial charge in [0.05, 0.1) is 12.2 Å². The predicted octanol–water partition coefficient (Wildman–Crippen LogP) is 7.51. The normalized spacial score (nSPS) is 22.2. The van der Waals surface area contributed by atoms with Crippen LogP contribution in [0.5, 0.6) is 11.5 Å².